The van der Waals surface area contributed by atoms with Gasteiger partial charge < -0.3 is 10.2 Å². The van der Waals surface area contributed by atoms with Crippen molar-refractivity contribution in [3.63, 3.8) is 0 Å². The number of carbonyl (C=O) groups excluding carboxylic acids is 1. The SMILES string of the molecule is O=C(NCc1ccc(N2CCCCCC2)nc1)c1ccc(SCc2cccnc2)cc1. The molecule has 1 aliphatic heterocycles. The Hall–Kier alpha value is -2.86. The molecule has 4 rings (SSSR count). The van der Waals surface area contributed by atoms with Crippen LogP contribution in [-0.2, 0) is 12.3 Å². The monoisotopic (exact) mass is 432 g/mol. The van der Waals surface area contributed by atoms with Crippen LogP contribution in [0.3, 0.4) is 0 Å². The molecule has 160 valence electrons. The molecule has 0 unspecified atom stereocenters. The van der Waals surface area contributed by atoms with Gasteiger partial charge in [0, 0.05) is 54.4 Å². The molecule has 0 atom stereocenters. The van der Waals surface area contributed by atoms with Gasteiger partial charge in [0.15, 0.2) is 0 Å². The van der Waals surface area contributed by atoms with Crippen LogP contribution in [0.5, 0.6) is 0 Å². The van der Waals surface area contributed by atoms with E-state index in [1.807, 2.05) is 42.7 Å². The molecule has 1 N–H and O–H groups in total. The number of benzene rings is 1. The zero-order valence-corrected chi connectivity index (χ0v) is 18.5. The van der Waals surface area contributed by atoms with Gasteiger partial charge in [0.2, 0.25) is 0 Å². The molecule has 0 bridgehead atoms. The van der Waals surface area contributed by atoms with Crippen LogP contribution >= 0.6 is 11.8 Å². The third kappa shape index (κ3) is 6.31. The van der Waals surface area contributed by atoms with E-state index in [0.717, 1.165) is 35.1 Å². The third-order valence-corrected chi connectivity index (χ3v) is 6.52. The summed E-state index contributed by atoms with van der Waals surface area (Å²) in [6, 6.07) is 15.9. The number of hydrogen-bond acceptors (Lipinski definition) is 5. The normalized spacial score (nSPS) is 14.1. The van der Waals surface area contributed by atoms with E-state index in [1.165, 1.54) is 31.2 Å². The smallest absolute Gasteiger partial charge is 0.251 e. The van der Waals surface area contributed by atoms with Crippen molar-refractivity contribution in [3.05, 3.63) is 83.8 Å². The van der Waals surface area contributed by atoms with E-state index in [4.69, 9.17) is 0 Å². The summed E-state index contributed by atoms with van der Waals surface area (Å²) in [6.07, 6.45) is 10.6. The zero-order chi connectivity index (χ0) is 21.3. The maximum Gasteiger partial charge on any atom is 0.251 e. The van der Waals surface area contributed by atoms with Crippen molar-refractivity contribution >= 4 is 23.5 Å². The van der Waals surface area contributed by atoms with Gasteiger partial charge in [-0.15, -0.1) is 11.8 Å². The van der Waals surface area contributed by atoms with Crippen molar-refractivity contribution in [3.8, 4) is 0 Å². The van der Waals surface area contributed by atoms with E-state index in [9.17, 15) is 4.79 Å². The molecule has 1 amide bonds. The minimum Gasteiger partial charge on any atom is -0.357 e. The Morgan fingerprint density at radius 3 is 2.42 bits per heavy atom. The van der Waals surface area contributed by atoms with Gasteiger partial charge in [-0.25, -0.2) is 4.98 Å². The fourth-order valence-electron chi connectivity index (χ4n) is 3.65. The molecule has 2 aromatic heterocycles. The Morgan fingerprint density at radius 1 is 0.935 bits per heavy atom. The van der Waals surface area contributed by atoms with Gasteiger partial charge in [0.25, 0.3) is 5.91 Å². The highest BCUT2D eigenvalue weighted by Crippen LogP contribution is 2.23. The van der Waals surface area contributed by atoms with Gasteiger partial charge >= 0.3 is 0 Å². The number of anilines is 1. The number of pyridine rings is 2. The van der Waals surface area contributed by atoms with E-state index < -0.39 is 0 Å². The maximum absolute atomic E-state index is 12.5. The first-order valence-corrected chi connectivity index (χ1v) is 11.9. The molecule has 31 heavy (non-hydrogen) atoms. The lowest BCUT2D eigenvalue weighted by Crippen LogP contribution is -2.25. The molecule has 1 fully saturated rings. The molecule has 0 spiro atoms. The van der Waals surface area contributed by atoms with Crippen molar-refractivity contribution in [1.29, 1.82) is 0 Å². The first-order chi connectivity index (χ1) is 15.3. The largest absolute Gasteiger partial charge is 0.357 e. The minimum atomic E-state index is -0.0691. The fraction of sp³-hybridized carbons (Fsp3) is 0.320. The Kier molecular flexibility index (Phi) is 7.56. The summed E-state index contributed by atoms with van der Waals surface area (Å²) in [6.45, 7) is 2.64. The summed E-state index contributed by atoms with van der Waals surface area (Å²) in [5, 5.41) is 2.99. The van der Waals surface area contributed by atoms with Crippen molar-refractivity contribution < 1.29 is 4.79 Å². The molecular weight excluding hydrogens is 404 g/mol. The van der Waals surface area contributed by atoms with Crippen LogP contribution in [-0.4, -0.2) is 29.0 Å². The molecule has 0 aliphatic carbocycles. The van der Waals surface area contributed by atoms with Gasteiger partial charge in [-0.1, -0.05) is 25.0 Å². The number of carbonyl (C=O) groups is 1. The fourth-order valence-corrected chi connectivity index (χ4v) is 4.48. The van der Waals surface area contributed by atoms with Crippen molar-refractivity contribution in [2.24, 2.45) is 0 Å². The Labute approximate surface area is 188 Å². The summed E-state index contributed by atoms with van der Waals surface area (Å²) in [7, 11) is 0. The van der Waals surface area contributed by atoms with Crippen LogP contribution in [0.4, 0.5) is 5.82 Å². The van der Waals surface area contributed by atoms with E-state index in [-0.39, 0.29) is 5.91 Å². The highest BCUT2D eigenvalue weighted by atomic mass is 32.2. The summed E-state index contributed by atoms with van der Waals surface area (Å²) < 4.78 is 0. The van der Waals surface area contributed by atoms with Gasteiger partial charge in [0.05, 0.1) is 0 Å². The quantitative estimate of drug-likeness (QED) is 0.528. The molecule has 1 saturated heterocycles. The van der Waals surface area contributed by atoms with Gasteiger partial charge in [0.1, 0.15) is 5.82 Å². The van der Waals surface area contributed by atoms with E-state index in [1.54, 1.807) is 18.0 Å². The number of nitrogens with one attached hydrogen (secondary N) is 1. The second kappa shape index (κ2) is 11.0. The molecule has 0 saturated carbocycles. The minimum absolute atomic E-state index is 0.0691. The summed E-state index contributed by atoms with van der Waals surface area (Å²) in [4.78, 5) is 24.8. The molecule has 3 heterocycles. The standard InChI is InChI=1S/C25H28N4OS/c30-25(22-8-10-23(11-9-22)31-19-21-6-5-13-26-16-21)28-18-20-7-12-24(27-17-20)29-14-3-1-2-4-15-29/h5-13,16-17H,1-4,14-15,18-19H2,(H,28,30). The van der Waals surface area contributed by atoms with Crippen molar-refractivity contribution in [2.45, 2.75) is 42.9 Å². The van der Waals surface area contributed by atoms with Crippen LogP contribution in [0.25, 0.3) is 0 Å². The van der Waals surface area contributed by atoms with Crippen molar-refractivity contribution in [2.75, 3.05) is 18.0 Å². The van der Waals surface area contributed by atoms with E-state index in [2.05, 4.69) is 38.4 Å². The van der Waals surface area contributed by atoms with Crippen molar-refractivity contribution in [1.82, 2.24) is 15.3 Å². The molecular formula is C25H28N4OS. The predicted octanol–water partition coefficient (Wildman–Crippen LogP) is 5.08. The second-order valence-corrected chi connectivity index (χ2v) is 8.83. The number of aromatic nitrogens is 2. The van der Waals surface area contributed by atoms with Gasteiger partial charge in [-0.3, -0.25) is 9.78 Å². The molecule has 6 heteroatoms. The highest BCUT2D eigenvalue weighted by molar-refractivity contribution is 7.98. The first-order valence-electron chi connectivity index (χ1n) is 10.9. The first kappa shape index (κ1) is 21.4. The van der Waals surface area contributed by atoms with Gasteiger partial charge in [-0.05, 0) is 60.4 Å². The lowest BCUT2D eigenvalue weighted by atomic mass is 10.2. The number of hydrogen-bond donors (Lipinski definition) is 1. The van der Waals surface area contributed by atoms with Crippen LogP contribution in [0, 0.1) is 0 Å². The Balaban J connectivity index is 1.26. The van der Waals surface area contributed by atoms with Crippen LogP contribution in [0.1, 0.15) is 47.2 Å². The zero-order valence-electron chi connectivity index (χ0n) is 17.7. The average molecular weight is 433 g/mol. The lowest BCUT2D eigenvalue weighted by molar-refractivity contribution is 0.0951. The second-order valence-electron chi connectivity index (χ2n) is 7.78. The summed E-state index contributed by atoms with van der Waals surface area (Å²) >= 11 is 1.73. The van der Waals surface area contributed by atoms with Crippen LogP contribution < -0.4 is 10.2 Å². The Morgan fingerprint density at radius 2 is 1.74 bits per heavy atom. The lowest BCUT2D eigenvalue weighted by Gasteiger charge is -2.21. The third-order valence-electron chi connectivity index (χ3n) is 5.44. The molecule has 1 aliphatic rings. The highest BCUT2D eigenvalue weighted by Gasteiger charge is 2.11. The summed E-state index contributed by atoms with van der Waals surface area (Å²) in [5.74, 6) is 1.83. The van der Waals surface area contributed by atoms with Gasteiger partial charge in [-0.2, -0.15) is 0 Å². The Bertz CT molecular complexity index is 953. The van der Waals surface area contributed by atoms with E-state index in [0.29, 0.717) is 12.1 Å². The predicted molar refractivity (Wildman–Crippen MR) is 126 cm³/mol. The topological polar surface area (TPSA) is 58.1 Å². The number of amides is 1. The number of rotatable bonds is 7. The van der Waals surface area contributed by atoms with E-state index >= 15 is 0 Å². The van der Waals surface area contributed by atoms with Crippen LogP contribution in [0.2, 0.25) is 0 Å². The van der Waals surface area contributed by atoms with Crippen LogP contribution in [0.15, 0.2) is 72.0 Å². The molecule has 5 nitrogen and oxygen atoms in total. The molecule has 3 aromatic rings. The molecule has 0 radical (unpaired) electrons. The number of thioether (sulfide) groups is 1. The maximum atomic E-state index is 12.5. The molecule has 1 aromatic carbocycles. The summed E-state index contributed by atoms with van der Waals surface area (Å²) in [5.41, 5.74) is 2.86. The number of nitrogens with zero attached hydrogens (tertiary/aromatic N) is 3. The average Bonchev–Trinajstić information content (AvgIpc) is 3.12.